The van der Waals surface area contributed by atoms with Crippen LogP contribution in [0.5, 0.6) is 0 Å². The molecule has 6 nitrogen and oxygen atoms in total. The van der Waals surface area contributed by atoms with Gasteiger partial charge in [-0.2, -0.15) is 0 Å². The number of amides is 2. The van der Waals surface area contributed by atoms with Crippen molar-refractivity contribution in [3.8, 4) is 11.3 Å². The minimum atomic E-state index is -0.516. The minimum absolute atomic E-state index is 0.00561. The number of nitrogens with zero attached hydrogens (tertiary/aromatic N) is 2. The molecule has 2 saturated heterocycles. The Hall–Kier alpha value is -2.84. The van der Waals surface area contributed by atoms with Crippen LogP contribution < -0.4 is 5.32 Å². The number of nitrogens with one attached hydrogen (secondary N) is 1. The Balaban J connectivity index is 1.26. The third kappa shape index (κ3) is 4.77. The third-order valence-corrected chi connectivity index (χ3v) is 9.21. The summed E-state index contributed by atoms with van der Waals surface area (Å²) >= 11 is 1.55. The fourth-order valence-electron chi connectivity index (χ4n) is 5.89. The number of hydrogen-bond donors (Lipinski definition) is 1. The molecule has 1 saturated carbocycles. The van der Waals surface area contributed by atoms with Gasteiger partial charge in [0.2, 0.25) is 11.8 Å². The average molecular weight is 522 g/mol. The van der Waals surface area contributed by atoms with E-state index in [1.165, 1.54) is 6.07 Å². The van der Waals surface area contributed by atoms with Gasteiger partial charge in [0.1, 0.15) is 16.9 Å². The van der Waals surface area contributed by atoms with Crippen LogP contribution in [0.4, 0.5) is 4.39 Å². The predicted molar refractivity (Wildman–Crippen MR) is 142 cm³/mol. The summed E-state index contributed by atoms with van der Waals surface area (Å²) in [5, 5.41) is 7.46. The van der Waals surface area contributed by atoms with Crippen LogP contribution in [-0.4, -0.2) is 47.5 Å². The molecule has 1 N–H and O–H groups in total. The van der Waals surface area contributed by atoms with Crippen LogP contribution in [-0.2, 0) is 14.3 Å². The molecule has 8 heteroatoms. The fraction of sp³-hybridized carbons (Fsp3) is 0.483. The summed E-state index contributed by atoms with van der Waals surface area (Å²) in [4.78, 5) is 33.8. The van der Waals surface area contributed by atoms with Gasteiger partial charge in [-0.1, -0.05) is 30.7 Å². The zero-order valence-electron chi connectivity index (χ0n) is 20.8. The van der Waals surface area contributed by atoms with Crippen LogP contribution in [0.15, 0.2) is 41.8 Å². The van der Waals surface area contributed by atoms with Crippen molar-refractivity contribution >= 4 is 33.9 Å². The Bertz CT molecular complexity index is 1300. The molecular weight excluding hydrogens is 489 g/mol. The van der Waals surface area contributed by atoms with Crippen LogP contribution >= 0.6 is 11.3 Å². The highest BCUT2D eigenvalue weighted by Crippen LogP contribution is 2.38. The average Bonchev–Trinajstić information content (AvgIpc) is 3.57. The van der Waals surface area contributed by atoms with E-state index in [1.807, 2.05) is 28.5 Å². The van der Waals surface area contributed by atoms with Gasteiger partial charge in [0, 0.05) is 42.0 Å². The highest BCUT2D eigenvalue weighted by molar-refractivity contribution is 7.10. The summed E-state index contributed by atoms with van der Waals surface area (Å²) in [5.41, 5.74) is 1.69. The zero-order valence-corrected chi connectivity index (χ0v) is 21.6. The van der Waals surface area contributed by atoms with Crippen molar-refractivity contribution < 1.29 is 18.7 Å². The van der Waals surface area contributed by atoms with E-state index in [-0.39, 0.29) is 35.5 Å². The third-order valence-electron chi connectivity index (χ3n) is 8.27. The van der Waals surface area contributed by atoms with Crippen molar-refractivity contribution in [2.75, 3.05) is 19.8 Å². The Labute approximate surface area is 220 Å². The van der Waals surface area contributed by atoms with Crippen LogP contribution in [0.25, 0.3) is 22.0 Å². The van der Waals surface area contributed by atoms with Gasteiger partial charge in [0.25, 0.3) is 0 Å². The van der Waals surface area contributed by atoms with Crippen molar-refractivity contribution in [1.29, 1.82) is 0 Å². The molecule has 0 bridgehead atoms. The molecule has 3 fully saturated rings. The van der Waals surface area contributed by atoms with E-state index in [9.17, 15) is 14.0 Å². The van der Waals surface area contributed by atoms with Gasteiger partial charge < -0.3 is 15.0 Å². The maximum absolute atomic E-state index is 14.4. The second kappa shape index (κ2) is 10.5. The van der Waals surface area contributed by atoms with Crippen molar-refractivity contribution in [3.63, 3.8) is 0 Å². The lowest BCUT2D eigenvalue weighted by Crippen LogP contribution is -2.54. The van der Waals surface area contributed by atoms with Crippen molar-refractivity contribution in [1.82, 2.24) is 15.2 Å². The van der Waals surface area contributed by atoms with Crippen molar-refractivity contribution in [3.05, 3.63) is 52.6 Å². The van der Waals surface area contributed by atoms with E-state index in [1.54, 1.807) is 23.5 Å². The molecule has 0 spiro atoms. The predicted octanol–water partition coefficient (Wildman–Crippen LogP) is 5.48. The molecule has 0 unspecified atom stereocenters. The summed E-state index contributed by atoms with van der Waals surface area (Å²) in [6.45, 7) is 1.91. The lowest BCUT2D eigenvalue weighted by molar-refractivity contribution is -0.141. The van der Waals surface area contributed by atoms with E-state index in [2.05, 4.69) is 5.32 Å². The van der Waals surface area contributed by atoms with Gasteiger partial charge in [-0.25, -0.2) is 9.37 Å². The standard InChI is InChI=1S/C29H32FN3O3S/c30-23-11-10-22(20-7-1-2-8-21(20)23)24-17-37-28(31-24)25-9-4-14-33(25)29(35)26(18-12-15-36-16-13-18)32-27(34)19-5-3-6-19/h1-2,7-8,10-11,17-19,25-26H,3-6,9,12-16H2,(H,32,34)/t25-,26-/m0/s1. The number of likely N-dealkylation sites (tertiary alicyclic amines) is 1. The van der Waals surface area contributed by atoms with E-state index in [4.69, 9.17) is 9.72 Å². The van der Waals surface area contributed by atoms with Crippen molar-refractivity contribution in [2.45, 2.75) is 57.0 Å². The van der Waals surface area contributed by atoms with E-state index < -0.39 is 6.04 Å². The van der Waals surface area contributed by atoms with Gasteiger partial charge >= 0.3 is 0 Å². The first-order valence-electron chi connectivity index (χ1n) is 13.4. The Morgan fingerprint density at radius 1 is 1.03 bits per heavy atom. The summed E-state index contributed by atoms with van der Waals surface area (Å²) in [5.74, 6) is -0.0939. The molecule has 194 valence electrons. The number of rotatable bonds is 6. The summed E-state index contributed by atoms with van der Waals surface area (Å²) < 4.78 is 19.9. The quantitative estimate of drug-likeness (QED) is 0.467. The monoisotopic (exact) mass is 521 g/mol. The summed E-state index contributed by atoms with van der Waals surface area (Å²) in [6.07, 6.45) is 6.21. The molecule has 3 aromatic rings. The van der Waals surface area contributed by atoms with Crippen molar-refractivity contribution in [2.24, 2.45) is 11.8 Å². The zero-order chi connectivity index (χ0) is 25.4. The smallest absolute Gasteiger partial charge is 0.246 e. The Morgan fingerprint density at radius 3 is 2.57 bits per heavy atom. The minimum Gasteiger partial charge on any atom is -0.381 e. The normalized spacial score (nSPS) is 21.6. The number of benzene rings is 2. The molecule has 3 heterocycles. The number of hydrogen-bond acceptors (Lipinski definition) is 5. The summed E-state index contributed by atoms with van der Waals surface area (Å²) in [6, 6.07) is 10.1. The van der Waals surface area contributed by atoms with Gasteiger partial charge in [0.05, 0.1) is 11.7 Å². The van der Waals surface area contributed by atoms with Crippen LogP contribution in [0.2, 0.25) is 0 Å². The van der Waals surface area contributed by atoms with Crippen LogP contribution in [0.1, 0.15) is 56.0 Å². The molecule has 2 aliphatic heterocycles. The first-order chi connectivity index (χ1) is 18.1. The number of carbonyl (C=O) groups is 2. The highest BCUT2D eigenvalue weighted by Gasteiger charge is 2.41. The van der Waals surface area contributed by atoms with Gasteiger partial charge in [-0.05, 0) is 62.0 Å². The highest BCUT2D eigenvalue weighted by atomic mass is 32.1. The number of carbonyl (C=O) groups excluding carboxylic acids is 2. The number of thiazole rings is 1. The maximum Gasteiger partial charge on any atom is 0.246 e. The van der Waals surface area contributed by atoms with Gasteiger partial charge in [-0.15, -0.1) is 11.3 Å². The molecule has 6 rings (SSSR count). The van der Waals surface area contributed by atoms with Gasteiger partial charge in [0.15, 0.2) is 0 Å². The van der Waals surface area contributed by atoms with Crippen LogP contribution in [0, 0.1) is 17.7 Å². The summed E-state index contributed by atoms with van der Waals surface area (Å²) in [7, 11) is 0. The molecule has 0 radical (unpaired) electrons. The first kappa shape index (κ1) is 24.5. The lowest BCUT2D eigenvalue weighted by Gasteiger charge is -2.36. The number of ether oxygens (including phenoxy) is 1. The second-order valence-corrected chi connectivity index (χ2v) is 11.4. The SMILES string of the molecule is O=C(N[C@H](C(=O)N1CCC[C@H]1c1nc(-c2ccc(F)c3ccccc23)cs1)C1CCOCC1)C1CCC1. The topological polar surface area (TPSA) is 71.5 Å². The Morgan fingerprint density at radius 2 is 1.81 bits per heavy atom. The number of fused-ring (bicyclic) bond motifs is 1. The Kier molecular flexibility index (Phi) is 6.95. The lowest BCUT2D eigenvalue weighted by atomic mass is 9.83. The molecule has 2 aromatic carbocycles. The molecule has 1 aromatic heterocycles. The maximum atomic E-state index is 14.4. The number of halogens is 1. The second-order valence-electron chi connectivity index (χ2n) is 10.5. The molecule has 1 aliphatic carbocycles. The molecule has 2 amide bonds. The first-order valence-corrected chi connectivity index (χ1v) is 14.3. The largest absolute Gasteiger partial charge is 0.381 e. The molecular formula is C29H32FN3O3S. The van der Waals surface area contributed by atoms with Crippen LogP contribution in [0.3, 0.4) is 0 Å². The van der Waals surface area contributed by atoms with E-state index in [0.29, 0.717) is 25.1 Å². The van der Waals surface area contributed by atoms with E-state index in [0.717, 1.165) is 66.6 Å². The fourth-order valence-corrected chi connectivity index (χ4v) is 6.85. The molecule has 37 heavy (non-hydrogen) atoms. The van der Waals surface area contributed by atoms with E-state index >= 15 is 0 Å². The number of aromatic nitrogens is 1. The molecule has 3 aliphatic rings. The van der Waals surface area contributed by atoms with Gasteiger partial charge in [-0.3, -0.25) is 9.59 Å². The molecule has 2 atom stereocenters.